The summed E-state index contributed by atoms with van der Waals surface area (Å²) in [5.74, 6) is 0. The maximum atomic E-state index is 10.2. The van der Waals surface area contributed by atoms with Crippen molar-refractivity contribution < 1.29 is 14.6 Å². The molecule has 0 bridgehead atoms. The zero-order chi connectivity index (χ0) is 20.5. The van der Waals surface area contributed by atoms with Crippen LogP contribution in [0.5, 0.6) is 0 Å². The molecule has 2 unspecified atom stereocenters. The number of azide groups is 1. The topological polar surface area (TPSA) is 90.7 Å². The summed E-state index contributed by atoms with van der Waals surface area (Å²) in [6.45, 7) is 1.74. The van der Waals surface area contributed by atoms with Gasteiger partial charge in [0.2, 0.25) is 0 Å². The SMILES string of the molecule is CN(Cc1ccccc1)[C@@H](COCc1ccccc1)[C@@H]1CCC(N=[N+]=[N-])C(O)O1. The number of benzene rings is 2. The number of aliphatic hydroxyl groups is 1. The van der Waals surface area contributed by atoms with Crippen molar-refractivity contribution in [3.05, 3.63) is 82.2 Å². The first-order chi connectivity index (χ1) is 14.2. The van der Waals surface area contributed by atoms with E-state index in [-0.39, 0.29) is 12.1 Å². The normalized spacial score (nSPS) is 22.8. The highest BCUT2D eigenvalue weighted by Crippen LogP contribution is 2.26. The Kier molecular flexibility index (Phi) is 8.04. The van der Waals surface area contributed by atoms with Gasteiger partial charge in [0.05, 0.1) is 31.4 Å². The van der Waals surface area contributed by atoms with Crippen LogP contribution in [0.25, 0.3) is 10.4 Å². The Morgan fingerprint density at radius 3 is 2.41 bits per heavy atom. The van der Waals surface area contributed by atoms with E-state index in [4.69, 9.17) is 15.0 Å². The molecule has 4 atom stereocenters. The van der Waals surface area contributed by atoms with Gasteiger partial charge in [0.1, 0.15) is 0 Å². The van der Waals surface area contributed by atoms with Crippen LogP contribution in [0.2, 0.25) is 0 Å². The van der Waals surface area contributed by atoms with Gasteiger partial charge in [0.25, 0.3) is 0 Å². The van der Waals surface area contributed by atoms with Crippen LogP contribution in [0, 0.1) is 0 Å². The van der Waals surface area contributed by atoms with Crippen LogP contribution >= 0.6 is 0 Å². The predicted octanol–water partition coefficient (Wildman–Crippen LogP) is 3.88. The lowest BCUT2D eigenvalue weighted by Crippen LogP contribution is -2.50. The average molecular weight is 396 g/mol. The minimum Gasteiger partial charge on any atom is -0.375 e. The van der Waals surface area contributed by atoms with Gasteiger partial charge in [0, 0.05) is 11.5 Å². The predicted molar refractivity (Wildman–Crippen MR) is 111 cm³/mol. The fraction of sp³-hybridized carbons (Fsp3) is 0.455. The molecule has 1 fully saturated rings. The molecule has 1 saturated heterocycles. The number of rotatable bonds is 9. The highest BCUT2D eigenvalue weighted by atomic mass is 16.6. The molecule has 1 N–H and O–H groups in total. The van der Waals surface area contributed by atoms with Gasteiger partial charge in [-0.05, 0) is 36.5 Å². The number of nitrogens with zero attached hydrogens (tertiary/aromatic N) is 4. The summed E-state index contributed by atoms with van der Waals surface area (Å²) >= 11 is 0. The second-order valence-corrected chi connectivity index (χ2v) is 7.38. The molecule has 3 rings (SSSR count). The second kappa shape index (κ2) is 11.0. The number of ether oxygens (including phenoxy) is 2. The summed E-state index contributed by atoms with van der Waals surface area (Å²) in [5, 5.41) is 13.9. The molecule has 0 aromatic heterocycles. The smallest absolute Gasteiger partial charge is 0.163 e. The first-order valence-corrected chi connectivity index (χ1v) is 9.91. The van der Waals surface area contributed by atoms with Crippen molar-refractivity contribution in [1.82, 2.24) is 4.90 Å². The lowest BCUT2D eigenvalue weighted by molar-refractivity contribution is -0.194. The molecule has 1 aliphatic rings. The first-order valence-electron chi connectivity index (χ1n) is 9.91. The minimum absolute atomic E-state index is 0.0411. The molecular weight excluding hydrogens is 368 g/mol. The van der Waals surface area contributed by atoms with E-state index in [1.165, 1.54) is 5.56 Å². The molecule has 7 heteroatoms. The zero-order valence-corrected chi connectivity index (χ0v) is 16.7. The van der Waals surface area contributed by atoms with Crippen molar-refractivity contribution in [2.45, 2.75) is 50.5 Å². The van der Waals surface area contributed by atoms with Crippen molar-refractivity contribution in [1.29, 1.82) is 0 Å². The van der Waals surface area contributed by atoms with E-state index in [1.807, 2.05) is 55.6 Å². The highest BCUT2D eigenvalue weighted by Gasteiger charge is 2.35. The Bertz CT molecular complexity index is 783. The lowest BCUT2D eigenvalue weighted by Gasteiger charge is -2.39. The van der Waals surface area contributed by atoms with E-state index in [9.17, 15) is 5.11 Å². The maximum absolute atomic E-state index is 10.2. The summed E-state index contributed by atoms with van der Waals surface area (Å²) in [6.07, 6.45) is -0.0187. The van der Waals surface area contributed by atoms with E-state index in [0.29, 0.717) is 26.1 Å². The molecule has 0 aliphatic carbocycles. The summed E-state index contributed by atoms with van der Waals surface area (Å²) in [4.78, 5) is 5.00. The number of hydrogen-bond acceptors (Lipinski definition) is 5. The lowest BCUT2D eigenvalue weighted by atomic mass is 9.98. The number of hydrogen-bond donors (Lipinski definition) is 1. The molecule has 1 heterocycles. The van der Waals surface area contributed by atoms with Crippen molar-refractivity contribution >= 4 is 0 Å². The highest BCUT2D eigenvalue weighted by molar-refractivity contribution is 5.15. The fourth-order valence-electron chi connectivity index (χ4n) is 3.66. The van der Waals surface area contributed by atoms with Crippen LogP contribution in [0.4, 0.5) is 0 Å². The van der Waals surface area contributed by atoms with Crippen molar-refractivity contribution in [3.63, 3.8) is 0 Å². The number of likely N-dealkylation sites (N-methyl/N-ethyl adjacent to an activating group) is 1. The molecule has 0 saturated carbocycles. The maximum Gasteiger partial charge on any atom is 0.163 e. The molecule has 2 aromatic carbocycles. The van der Waals surface area contributed by atoms with E-state index >= 15 is 0 Å². The monoisotopic (exact) mass is 396 g/mol. The third-order valence-electron chi connectivity index (χ3n) is 5.26. The molecule has 0 spiro atoms. The third-order valence-corrected chi connectivity index (χ3v) is 5.26. The van der Waals surface area contributed by atoms with Crippen LogP contribution in [-0.4, -0.2) is 48.1 Å². The van der Waals surface area contributed by atoms with Gasteiger partial charge in [-0.15, -0.1) is 0 Å². The van der Waals surface area contributed by atoms with Crippen LogP contribution in [-0.2, 0) is 22.6 Å². The van der Waals surface area contributed by atoms with Crippen LogP contribution in [0.1, 0.15) is 24.0 Å². The molecule has 0 amide bonds. The Morgan fingerprint density at radius 2 is 1.79 bits per heavy atom. The molecule has 7 nitrogen and oxygen atoms in total. The molecule has 154 valence electrons. The van der Waals surface area contributed by atoms with Crippen molar-refractivity contribution in [2.75, 3.05) is 13.7 Å². The van der Waals surface area contributed by atoms with Gasteiger partial charge < -0.3 is 14.6 Å². The standard InChI is InChI=1S/C22H28N4O3/c1-26(14-17-8-4-2-5-9-17)20(16-28-15-18-10-6-3-7-11-18)21-13-12-19(24-25-23)22(27)29-21/h2-11,19-22,27H,12-16H2,1H3/t19?,20-,21-,22?/m0/s1. The summed E-state index contributed by atoms with van der Waals surface area (Å²) in [7, 11) is 2.04. The van der Waals surface area contributed by atoms with Gasteiger partial charge in [-0.25, -0.2) is 0 Å². The summed E-state index contributed by atoms with van der Waals surface area (Å²) in [6, 6.07) is 19.7. The van der Waals surface area contributed by atoms with E-state index in [0.717, 1.165) is 12.1 Å². The van der Waals surface area contributed by atoms with Gasteiger partial charge in [-0.3, -0.25) is 4.90 Å². The molecular formula is C22H28N4O3. The quantitative estimate of drug-likeness (QED) is 0.396. The minimum atomic E-state index is -1.09. The fourth-order valence-corrected chi connectivity index (χ4v) is 3.66. The Morgan fingerprint density at radius 1 is 1.14 bits per heavy atom. The van der Waals surface area contributed by atoms with Crippen LogP contribution in [0.15, 0.2) is 65.8 Å². The second-order valence-electron chi connectivity index (χ2n) is 7.38. The van der Waals surface area contributed by atoms with Crippen LogP contribution < -0.4 is 0 Å². The van der Waals surface area contributed by atoms with Gasteiger partial charge in [-0.2, -0.15) is 0 Å². The van der Waals surface area contributed by atoms with E-state index in [1.54, 1.807) is 0 Å². The van der Waals surface area contributed by atoms with E-state index in [2.05, 4.69) is 27.1 Å². The number of aliphatic hydroxyl groups excluding tert-OH is 1. The van der Waals surface area contributed by atoms with Crippen molar-refractivity contribution in [3.8, 4) is 0 Å². The van der Waals surface area contributed by atoms with Crippen molar-refractivity contribution in [2.24, 2.45) is 5.11 Å². The van der Waals surface area contributed by atoms with E-state index < -0.39 is 12.3 Å². The molecule has 1 aliphatic heterocycles. The largest absolute Gasteiger partial charge is 0.375 e. The average Bonchev–Trinajstić information content (AvgIpc) is 2.74. The van der Waals surface area contributed by atoms with Gasteiger partial charge >= 0.3 is 0 Å². The molecule has 2 aromatic rings. The van der Waals surface area contributed by atoms with Crippen LogP contribution in [0.3, 0.4) is 0 Å². The first kappa shape index (κ1) is 21.3. The Labute approximate surface area is 171 Å². The molecule has 29 heavy (non-hydrogen) atoms. The Hall–Kier alpha value is -2.41. The third kappa shape index (κ3) is 6.29. The Balaban J connectivity index is 1.66. The van der Waals surface area contributed by atoms with Gasteiger partial charge in [0.15, 0.2) is 6.29 Å². The van der Waals surface area contributed by atoms with Gasteiger partial charge in [-0.1, -0.05) is 65.8 Å². The zero-order valence-electron chi connectivity index (χ0n) is 16.7. The summed E-state index contributed by atoms with van der Waals surface area (Å²) < 4.78 is 11.9. The summed E-state index contributed by atoms with van der Waals surface area (Å²) in [5.41, 5.74) is 11.0. The molecule has 0 radical (unpaired) electrons.